The molecule has 0 saturated carbocycles. The predicted molar refractivity (Wildman–Crippen MR) is 65.5 cm³/mol. The van der Waals surface area contributed by atoms with E-state index in [4.69, 9.17) is 4.74 Å². The van der Waals surface area contributed by atoms with E-state index < -0.39 is 0 Å². The second-order valence-electron chi connectivity index (χ2n) is 4.16. The molecule has 1 aliphatic rings. The fraction of sp³-hybridized carbons (Fsp3) is 0.455. The molecule has 3 rings (SSSR count). The van der Waals surface area contributed by atoms with Gasteiger partial charge in [-0.2, -0.15) is 0 Å². The number of nitrogens with zero attached hydrogens (tertiary/aromatic N) is 4. The Balaban J connectivity index is 2.06. The predicted octanol–water partition coefficient (Wildman–Crippen LogP) is -0.400. The van der Waals surface area contributed by atoms with Crippen molar-refractivity contribution in [3.63, 3.8) is 0 Å². The third-order valence-electron chi connectivity index (χ3n) is 3.06. The van der Waals surface area contributed by atoms with Crippen molar-refractivity contribution in [3.8, 4) is 11.5 Å². The van der Waals surface area contributed by atoms with E-state index >= 15 is 0 Å². The Morgan fingerprint density at radius 2 is 2.37 bits per heavy atom. The van der Waals surface area contributed by atoms with E-state index in [1.54, 1.807) is 7.05 Å². The number of hydrogen-bond donors (Lipinski definition) is 2. The van der Waals surface area contributed by atoms with Gasteiger partial charge in [0.05, 0.1) is 19.5 Å². The molecule has 19 heavy (non-hydrogen) atoms. The standard InChI is InChI=1S/C11H14N6O2/c1-12-11(18)9-8(13-6-14-9)10-16-15-7-2-4-19-5-3-17(7)10/h6H,2-5H2,1H3,(H,12,18)(H,13,14). The minimum Gasteiger partial charge on any atom is -0.379 e. The molecule has 0 unspecified atom stereocenters. The van der Waals surface area contributed by atoms with Gasteiger partial charge in [0.15, 0.2) is 5.82 Å². The lowest BCUT2D eigenvalue weighted by molar-refractivity contribution is 0.0959. The number of amides is 1. The van der Waals surface area contributed by atoms with Crippen molar-refractivity contribution in [2.24, 2.45) is 0 Å². The zero-order valence-corrected chi connectivity index (χ0v) is 10.5. The molecule has 3 heterocycles. The molecule has 8 nitrogen and oxygen atoms in total. The van der Waals surface area contributed by atoms with Crippen molar-refractivity contribution in [1.29, 1.82) is 0 Å². The average Bonchev–Trinajstić information content (AvgIpc) is 2.99. The van der Waals surface area contributed by atoms with Crippen LogP contribution < -0.4 is 5.32 Å². The van der Waals surface area contributed by atoms with E-state index in [1.807, 2.05) is 4.57 Å². The smallest absolute Gasteiger partial charge is 0.269 e. The highest BCUT2D eigenvalue weighted by atomic mass is 16.5. The molecule has 0 spiro atoms. The van der Waals surface area contributed by atoms with Gasteiger partial charge in [-0.3, -0.25) is 4.79 Å². The molecule has 1 amide bonds. The van der Waals surface area contributed by atoms with Crippen LogP contribution in [0.25, 0.3) is 11.5 Å². The van der Waals surface area contributed by atoms with Gasteiger partial charge in [-0.25, -0.2) is 4.98 Å². The van der Waals surface area contributed by atoms with Crippen molar-refractivity contribution in [2.45, 2.75) is 13.0 Å². The fourth-order valence-electron chi connectivity index (χ4n) is 2.11. The topological polar surface area (TPSA) is 97.7 Å². The van der Waals surface area contributed by atoms with Gasteiger partial charge < -0.3 is 19.6 Å². The maximum absolute atomic E-state index is 11.8. The molecule has 8 heteroatoms. The van der Waals surface area contributed by atoms with E-state index in [-0.39, 0.29) is 5.91 Å². The first kappa shape index (κ1) is 11.8. The number of imidazole rings is 1. The summed E-state index contributed by atoms with van der Waals surface area (Å²) in [4.78, 5) is 18.8. The molecule has 0 fully saturated rings. The van der Waals surface area contributed by atoms with Gasteiger partial charge in [0.2, 0.25) is 0 Å². The molecule has 1 aliphatic heterocycles. The summed E-state index contributed by atoms with van der Waals surface area (Å²) in [6.45, 7) is 1.91. The highest BCUT2D eigenvalue weighted by Crippen LogP contribution is 2.20. The van der Waals surface area contributed by atoms with Crippen molar-refractivity contribution in [2.75, 3.05) is 20.3 Å². The number of aromatic amines is 1. The van der Waals surface area contributed by atoms with Crippen molar-refractivity contribution < 1.29 is 9.53 Å². The Bertz CT molecular complexity index is 602. The number of hydrogen-bond acceptors (Lipinski definition) is 5. The third-order valence-corrected chi connectivity index (χ3v) is 3.06. The van der Waals surface area contributed by atoms with Crippen LogP contribution in [-0.4, -0.2) is 50.9 Å². The lowest BCUT2D eigenvalue weighted by atomic mass is 10.3. The van der Waals surface area contributed by atoms with Crippen LogP contribution >= 0.6 is 0 Å². The number of carbonyl (C=O) groups excluding carboxylic acids is 1. The number of H-pyrrole nitrogens is 1. The Morgan fingerprint density at radius 1 is 1.47 bits per heavy atom. The minimum atomic E-state index is -0.227. The number of carbonyl (C=O) groups is 1. The molecule has 100 valence electrons. The van der Waals surface area contributed by atoms with Gasteiger partial charge in [-0.15, -0.1) is 10.2 Å². The van der Waals surface area contributed by atoms with Crippen LogP contribution in [-0.2, 0) is 17.7 Å². The molecule has 2 aromatic heterocycles. The highest BCUT2D eigenvalue weighted by molar-refractivity contribution is 5.97. The summed E-state index contributed by atoms with van der Waals surface area (Å²) in [6.07, 6.45) is 2.20. The highest BCUT2D eigenvalue weighted by Gasteiger charge is 2.22. The van der Waals surface area contributed by atoms with Crippen LogP contribution in [0.5, 0.6) is 0 Å². The lowest BCUT2D eigenvalue weighted by Gasteiger charge is -2.05. The zero-order valence-electron chi connectivity index (χ0n) is 10.5. The summed E-state index contributed by atoms with van der Waals surface area (Å²) in [6, 6.07) is 0. The quantitative estimate of drug-likeness (QED) is 0.767. The molecule has 2 N–H and O–H groups in total. The molecule has 0 radical (unpaired) electrons. The molecule has 0 bridgehead atoms. The van der Waals surface area contributed by atoms with Gasteiger partial charge >= 0.3 is 0 Å². The second-order valence-corrected chi connectivity index (χ2v) is 4.16. The zero-order chi connectivity index (χ0) is 13.2. The van der Waals surface area contributed by atoms with Crippen molar-refractivity contribution >= 4 is 5.91 Å². The summed E-state index contributed by atoms with van der Waals surface area (Å²) in [7, 11) is 1.57. The van der Waals surface area contributed by atoms with E-state index in [9.17, 15) is 4.79 Å². The average molecular weight is 262 g/mol. The molecule has 0 atom stereocenters. The Kier molecular flexibility index (Phi) is 3.00. The molecule has 0 aliphatic carbocycles. The van der Waals surface area contributed by atoms with Crippen molar-refractivity contribution in [1.82, 2.24) is 30.0 Å². The molecular formula is C11H14N6O2. The summed E-state index contributed by atoms with van der Waals surface area (Å²) < 4.78 is 7.36. The van der Waals surface area contributed by atoms with Gasteiger partial charge in [-0.1, -0.05) is 0 Å². The molecule has 2 aromatic rings. The van der Waals surface area contributed by atoms with Gasteiger partial charge in [0.25, 0.3) is 5.91 Å². The molecule has 0 aromatic carbocycles. The molecule has 0 saturated heterocycles. The summed E-state index contributed by atoms with van der Waals surface area (Å²) in [5.74, 6) is 1.23. The Morgan fingerprint density at radius 3 is 3.21 bits per heavy atom. The van der Waals surface area contributed by atoms with Crippen LogP contribution in [0.15, 0.2) is 6.33 Å². The van der Waals surface area contributed by atoms with E-state index in [2.05, 4.69) is 25.5 Å². The van der Waals surface area contributed by atoms with Crippen LogP contribution in [0.1, 0.15) is 16.3 Å². The van der Waals surface area contributed by atoms with Gasteiger partial charge in [0, 0.05) is 20.0 Å². The molecular weight excluding hydrogens is 248 g/mol. The lowest BCUT2D eigenvalue weighted by Crippen LogP contribution is -2.19. The van der Waals surface area contributed by atoms with E-state index in [0.717, 1.165) is 5.82 Å². The Labute approximate surface area is 109 Å². The number of nitrogens with one attached hydrogen (secondary N) is 2. The van der Waals surface area contributed by atoms with Crippen LogP contribution in [0.4, 0.5) is 0 Å². The fourth-order valence-corrected chi connectivity index (χ4v) is 2.11. The van der Waals surface area contributed by atoms with Gasteiger partial charge in [-0.05, 0) is 0 Å². The maximum atomic E-state index is 11.8. The number of ether oxygens (including phenoxy) is 1. The maximum Gasteiger partial charge on any atom is 0.269 e. The monoisotopic (exact) mass is 262 g/mol. The van der Waals surface area contributed by atoms with Crippen LogP contribution in [0, 0.1) is 0 Å². The van der Waals surface area contributed by atoms with E-state index in [1.165, 1.54) is 6.33 Å². The second kappa shape index (κ2) is 4.81. The third kappa shape index (κ3) is 1.99. The normalized spacial score (nSPS) is 14.8. The largest absolute Gasteiger partial charge is 0.379 e. The first-order valence-corrected chi connectivity index (χ1v) is 6.07. The number of fused-ring (bicyclic) bond motifs is 1. The number of aromatic nitrogens is 5. The summed E-state index contributed by atoms with van der Waals surface area (Å²) in [5, 5.41) is 10.9. The first-order chi connectivity index (χ1) is 9.31. The number of rotatable bonds is 2. The van der Waals surface area contributed by atoms with E-state index in [0.29, 0.717) is 43.4 Å². The van der Waals surface area contributed by atoms with Crippen LogP contribution in [0.2, 0.25) is 0 Å². The summed E-state index contributed by atoms with van der Waals surface area (Å²) in [5.41, 5.74) is 0.905. The van der Waals surface area contributed by atoms with Crippen molar-refractivity contribution in [3.05, 3.63) is 17.8 Å². The summed E-state index contributed by atoms with van der Waals surface area (Å²) >= 11 is 0. The first-order valence-electron chi connectivity index (χ1n) is 6.07. The van der Waals surface area contributed by atoms with Crippen LogP contribution in [0.3, 0.4) is 0 Å². The minimum absolute atomic E-state index is 0.227. The SMILES string of the molecule is CNC(=O)c1[nH]cnc1-c1nnc2n1CCOCC2. The Hall–Kier alpha value is -2.22. The van der Waals surface area contributed by atoms with Gasteiger partial charge in [0.1, 0.15) is 17.2 Å².